The average Bonchev–Trinajstić information content (AvgIpc) is 2.83. The molecule has 0 unspecified atom stereocenters. The minimum Gasteiger partial charge on any atom is -0.446 e. The molecule has 1 rings (SSSR count). The number of nitrogens with one attached hydrogen (secondary N) is 1. The van der Waals surface area contributed by atoms with Gasteiger partial charge in [-0.2, -0.15) is 0 Å². The minimum atomic E-state index is -0.567. The molecule has 1 fully saturated rings. The van der Waals surface area contributed by atoms with Crippen molar-refractivity contribution in [2.24, 2.45) is 0 Å². The maximum atomic E-state index is 11.6. The van der Waals surface area contributed by atoms with Crippen molar-refractivity contribution in [2.75, 3.05) is 13.2 Å². The number of ketones is 1. The first-order valence-electron chi connectivity index (χ1n) is 7.89. The molecule has 2 amide bonds. The van der Waals surface area contributed by atoms with Crippen LogP contribution in [0.1, 0.15) is 64.7 Å². The predicted octanol–water partition coefficient (Wildman–Crippen LogP) is 2.57. The zero-order chi connectivity index (χ0) is 15.5. The number of carbonyl (C=O) groups is 3. The molecule has 120 valence electrons. The molecule has 1 saturated heterocycles. The molecule has 0 aromatic carbocycles. The molecule has 0 saturated carbocycles. The number of ether oxygens (including phenoxy) is 1. The first kappa shape index (κ1) is 17.5. The van der Waals surface area contributed by atoms with Crippen LogP contribution < -0.4 is 5.43 Å². The lowest BCUT2D eigenvalue weighted by Crippen LogP contribution is -2.43. The number of hydrogen-bond donors (Lipinski definition) is 1. The Kier molecular flexibility index (Phi) is 8.47. The van der Waals surface area contributed by atoms with Crippen molar-refractivity contribution in [3.8, 4) is 0 Å². The molecular weight excluding hydrogens is 272 g/mol. The second kappa shape index (κ2) is 10.2. The highest BCUT2D eigenvalue weighted by Crippen LogP contribution is 2.09. The van der Waals surface area contributed by atoms with Crippen LogP contribution in [0.5, 0.6) is 0 Å². The lowest BCUT2D eigenvalue weighted by Gasteiger charge is -2.13. The number of hydrazine groups is 1. The topological polar surface area (TPSA) is 75.7 Å². The predicted molar refractivity (Wildman–Crippen MR) is 78.4 cm³/mol. The minimum absolute atomic E-state index is 0.0753. The van der Waals surface area contributed by atoms with Crippen LogP contribution in [0.15, 0.2) is 0 Å². The third kappa shape index (κ3) is 7.68. The summed E-state index contributed by atoms with van der Waals surface area (Å²) in [5, 5.41) is 1.10. The van der Waals surface area contributed by atoms with E-state index in [1.54, 1.807) is 0 Å². The van der Waals surface area contributed by atoms with Gasteiger partial charge in [0.2, 0.25) is 5.91 Å². The summed E-state index contributed by atoms with van der Waals surface area (Å²) in [4.78, 5) is 34.3. The summed E-state index contributed by atoms with van der Waals surface area (Å²) in [6.45, 7) is 2.78. The number of amides is 2. The normalized spacial score (nSPS) is 14.1. The lowest BCUT2D eigenvalue weighted by atomic mass is 10.1. The van der Waals surface area contributed by atoms with Gasteiger partial charge in [0.25, 0.3) is 0 Å². The molecule has 0 atom stereocenters. The van der Waals surface area contributed by atoms with Crippen LogP contribution in [0.3, 0.4) is 0 Å². The average molecular weight is 298 g/mol. The molecule has 1 aliphatic rings. The van der Waals surface area contributed by atoms with Crippen LogP contribution in [-0.2, 0) is 14.3 Å². The smallest absolute Gasteiger partial charge is 0.428 e. The summed E-state index contributed by atoms with van der Waals surface area (Å²) in [6, 6.07) is 0. The fourth-order valence-corrected chi connectivity index (χ4v) is 2.23. The summed E-state index contributed by atoms with van der Waals surface area (Å²) in [6.07, 6.45) is 7.72. The molecule has 0 aromatic rings. The molecule has 1 N–H and O–H groups in total. The third-order valence-corrected chi connectivity index (χ3v) is 3.44. The van der Waals surface area contributed by atoms with Crippen molar-refractivity contribution in [1.29, 1.82) is 0 Å². The Morgan fingerprint density at radius 1 is 1.14 bits per heavy atom. The van der Waals surface area contributed by atoms with Gasteiger partial charge in [-0.1, -0.05) is 45.4 Å². The van der Waals surface area contributed by atoms with Gasteiger partial charge in [-0.25, -0.2) is 9.80 Å². The van der Waals surface area contributed by atoms with Gasteiger partial charge in [-0.05, 0) is 6.42 Å². The van der Waals surface area contributed by atoms with Crippen LogP contribution in [-0.4, -0.2) is 35.9 Å². The highest BCUT2D eigenvalue weighted by molar-refractivity contribution is 5.98. The standard InChI is InChI=1S/C15H26N2O4/c1-2-3-4-5-6-7-8-9-13(18)12-14(19)16-17-10-11-21-15(17)20/h2-12H2,1H3,(H,16,19). The Hall–Kier alpha value is -1.59. The fraction of sp³-hybridized carbons (Fsp3) is 0.800. The van der Waals surface area contributed by atoms with Crippen molar-refractivity contribution < 1.29 is 19.1 Å². The molecule has 0 radical (unpaired) electrons. The third-order valence-electron chi connectivity index (χ3n) is 3.44. The van der Waals surface area contributed by atoms with Crippen LogP contribution in [0.4, 0.5) is 4.79 Å². The first-order valence-corrected chi connectivity index (χ1v) is 7.89. The van der Waals surface area contributed by atoms with Crippen LogP contribution in [0, 0.1) is 0 Å². The van der Waals surface area contributed by atoms with E-state index in [4.69, 9.17) is 0 Å². The second-order valence-electron chi connectivity index (χ2n) is 5.39. The van der Waals surface area contributed by atoms with Gasteiger partial charge in [0.15, 0.2) is 0 Å². The van der Waals surface area contributed by atoms with E-state index in [0.717, 1.165) is 24.3 Å². The van der Waals surface area contributed by atoms with E-state index in [0.29, 0.717) is 13.0 Å². The zero-order valence-corrected chi connectivity index (χ0v) is 12.9. The molecule has 21 heavy (non-hydrogen) atoms. The van der Waals surface area contributed by atoms with E-state index in [1.807, 2.05) is 0 Å². The van der Waals surface area contributed by atoms with Crippen molar-refractivity contribution in [3.63, 3.8) is 0 Å². The van der Waals surface area contributed by atoms with Crippen molar-refractivity contribution >= 4 is 17.8 Å². The van der Waals surface area contributed by atoms with Gasteiger partial charge in [0.1, 0.15) is 12.4 Å². The largest absolute Gasteiger partial charge is 0.446 e. The van der Waals surface area contributed by atoms with E-state index in [1.165, 1.54) is 25.7 Å². The van der Waals surface area contributed by atoms with Gasteiger partial charge in [0, 0.05) is 6.42 Å². The Balaban J connectivity index is 2.02. The van der Waals surface area contributed by atoms with Gasteiger partial charge in [-0.15, -0.1) is 0 Å². The maximum Gasteiger partial charge on any atom is 0.428 e. The summed E-state index contributed by atoms with van der Waals surface area (Å²) in [5.74, 6) is -0.518. The molecule has 1 aliphatic heterocycles. The van der Waals surface area contributed by atoms with E-state index >= 15 is 0 Å². The van der Waals surface area contributed by atoms with E-state index in [-0.39, 0.29) is 18.8 Å². The van der Waals surface area contributed by atoms with Gasteiger partial charge < -0.3 is 4.74 Å². The van der Waals surface area contributed by atoms with Crippen molar-refractivity contribution in [1.82, 2.24) is 10.4 Å². The first-order chi connectivity index (χ1) is 10.1. The zero-order valence-electron chi connectivity index (χ0n) is 12.9. The Morgan fingerprint density at radius 2 is 1.81 bits per heavy atom. The summed E-state index contributed by atoms with van der Waals surface area (Å²) in [5.41, 5.74) is 2.38. The number of cyclic esters (lactones) is 1. The Labute approximate surface area is 126 Å². The maximum absolute atomic E-state index is 11.6. The number of hydrogen-bond acceptors (Lipinski definition) is 4. The number of nitrogens with zero attached hydrogens (tertiary/aromatic N) is 1. The molecule has 0 spiro atoms. The van der Waals surface area contributed by atoms with Crippen LogP contribution >= 0.6 is 0 Å². The highest BCUT2D eigenvalue weighted by Gasteiger charge is 2.24. The van der Waals surface area contributed by atoms with Gasteiger partial charge in [0.05, 0.1) is 13.0 Å². The molecule has 1 heterocycles. The molecular formula is C15H26N2O4. The molecule has 0 bridgehead atoms. The van der Waals surface area contributed by atoms with E-state index in [9.17, 15) is 14.4 Å². The number of unbranched alkanes of at least 4 members (excludes halogenated alkanes) is 6. The Morgan fingerprint density at radius 3 is 2.43 bits per heavy atom. The van der Waals surface area contributed by atoms with Crippen molar-refractivity contribution in [2.45, 2.75) is 64.7 Å². The summed E-state index contributed by atoms with van der Waals surface area (Å²) < 4.78 is 4.68. The SMILES string of the molecule is CCCCCCCCCC(=O)CC(=O)NN1CCOC1=O. The number of carbonyl (C=O) groups excluding carboxylic acids is 3. The van der Waals surface area contributed by atoms with Gasteiger partial charge in [-0.3, -0.25) is 15.0 Å². The Bertz CT molecular complexity index is 358. The molecule has 0 aromatic heterocycles. The highest BCUT2D eigenvalue weighted by atomic mass is 16.6. The number of rotatable bonds is 11. The van der Waals surface area contributed by atoms with Crippen LogP contribution in [0.25, 0.3) is 0 Å². The van der Waals surface area contributed by atoms with E-state index in [2.05, 4.69) is 17.1 Å². The quantitative estimate of drug-likeness (QED) is 0.470. The number of Topliss-reactive ketones (excluding diaryl/α,β-unsaturated/α-hetero) is 1. The molecule has 0 aliphatic carbocycles. The van der Waals surface area contributed by atoms with E-state index < -0.39 is 12.0 Å². The fourth-order valence-electron chi connectivity index (χ4n) is 2.23. The monoisotopic (exact) mass is 298 g/mol. The van der Waals surface area contributed by atoms with Crippen molar-refractivity contribution in [3.05, 3.63) is 0 Å². The molecule has 6 nitrogen and oxygen atoms in total. The van der Waals surface area contributed by atoms with Gasteiger partial charge >= 0.3 is 6.09 Å². The summed E-state index contributed by atoms with van der Waals surface area (Å²) >= 11 is 0. The molecule has 6 heteroatoms. The summed E-state index contributed by atoms with van der Waals surface area (Å²) in [7, 11) is 0. The lowest BCUT2D eigenvalue weighted by molar-refractivity contribution is -0.130. The van der Waals surface area contributed by atoms with Crippen LogP contribution in [0.2, 0.25) is 0 Å². The second-order valence-corrected chi connectivity index (χ2v) is 5.39.